The summed E-state index contributed by atoms with van der Waals surface area (Å²) in [6.45, 7) is 2.25. The van der Waals surface area contributed by atoms with Gasteiger partial charge in [0.2, 0.25) is 0 Å². The minimum Gasteiger partial charge on any atom is -0.494 e. The molecule has 0 saturated heterocycles. The molecule has 0 saturated carbocycles. The SMILES string of the molecule is CCCOc1ccc(OCC(=O)Nc2ccc(Cl)c(C(F)(F)F)c2)cc1. The highest BCUT2D eigenvalue weighted by atomic mass is 35.5. The zero-order valence-corrected chi connectivity index (χ0v) is 14.7. The zero-order valence-electron chi connectivity index (χ0n) is 13.9. The lowest BCUT2D eigenvalue weighted by Gasteiger charge is -2.12. The number of amides is 1. The normalized spacial score (nSPS) is 11.1. The number of benzene rings is 2. The van der Waals surface area contributed by atoms with E-state index < -0.39 is 22.7 Å². The molecule has 2 aromatic rings. The van der Waals surface area contributed by atoms with E-state index in [1.165, 1.54) is 6.07 Å². The zero-order chi connectivity index (χ0) is 19.2. The first kappa shape index (κ1) is 19.9. The molecule has 2 rings (SSSR count). The fourth-order valence-electron chi connectivity index (χ4n) is 2.02. The van der Waals surface area contributed by atoms with Crippen LogP contribution in [-0.2, 0) is 11.0 Å². The lowest BCUT2D eigenvalue weighted by Crippen LogP contribution is -2.20. The van der Waals surface area contributed by atoms with Crippen LogP contribution < -0.4 is 14.8 Å². The van der Waals surface area contributed by atoms with Gasteiger partial charge in [-0.2, -0.15) is 13.2 Å². The van der Waals surface area contributed by atoms with Gasteiger partial charge in [0.05, 0.1) is 17.2 Å². The minimum atomic E-state index is -4.60. The van der Waals surface area contributed by atoms with Gasteiger partial charge in [0.15, 0.2) is 6.61 Å². The van der Waals surface area contributed by atoms with E-state index in [2.05, 4.69) is 5.32 Å². The largest absolute Gasteiger partial charge is 0.494 e. The van der Waals surface area contributed by atoms with Crippen LogP contribution in [0.25, 0.3) is 0 Å². The third-order valence-electron chi connectivity index (χ3n) is 3.22. The number of alkyl halides is 3. The van der Waals surface area contributed by atoms with Crippen molar-refractivity contribution in [2.45, 2.75) is 19.5 Å². The molecule has 0 heterocycles. The number of nitrogens with one attached hydrogen (secondary N) is 1. The van der Waals surface area contributed by atoms with Gasteiger partial charge in [0.25, 0.3) is 5.91 Å². The van der Waals surface area contributed by atoms with Crippen molar-refractivity contribution < 1.29 is 27.4 Å². The Morgan fingerprint density at radius 1 is 1.08 bits per heavy atom. The van der Waals surface area contributed by atoms with Crippen LogP contribution in [0.4, 0.5) is 18.9 Å². The van der Waals surface area contributed by atoms with Crippen LogP contribution in [0.3, 0.4) is 0 Å². The fourth-order valence-corrected chi connectivity index (χ4v) is 2.24. The molecule has 0 atom stereocenters. The summed E-state index contributed by atoms with van der Waals surface area (Å²) in [7, 11) is 0. The second-order valence-electron chi connectivity index (χ2n) is 5.35. The van der Waals surface area contributed by atoms with Gasteiger partial charge in [0, 0.05) is 5.69 Å². The number of carbonyl (C=O) groups is 1. The van der Waals surface area contributed by atoms with Crippen molar-refractivity contribution >= 4 is 23.2 Å². The Morgan fingerprint density at radius 3 is 2.27 bits per heavy atom. The summed E-state index contributed by atoms with van der Waals surface area (Å²) in [6.07, 6.45) is -3.71. The Morgan fingerprint density at radius 2 is 1.69 bits per heavy atom. The van der Waals surface area contributed by atoms with Crippen LogP contribution in [0.2, 0.25) is 5.02 Å². The van der Waals surface area contributed by atoms with Gasteiger partial charge in [-0.15, -0.1) is 0 Å². The molecule has 0 spiro atoms. The number of hydrogen-bond acceptors (Lipinski definition) is 3. The average Bonchev–Trinajstić information content (AvgIpc) is 2.60. The molecule has 0 aliphatic carbocycles. The first-order valence-corrected chi connectivity index (χ1v) is 8.19. The number of rotatable bonds is 7. The summed E-state index contributed by atoms with van der Waals surface area (Å²) in [5.74, 6) is 0.535. The maximum Gasteiger partial charge on any atom is 0.417 e. The minimum absolute atomic E-state index is 0.0151. The molecule has 0 fully saturated rings. The molecule has 0 aromatic heterocycles. The molecule has 8 heteroatoms. The van der Waals surface area contributed by atoms with Crippen LogP contribution in [0.1, 0.15) is 18.9 Å². The van der Waals surface area contributed by atoms with Crippen LogP contribution >= 0.6 is 11.6 Å². The van der Waals surface area contributed by atoms with Gasteiger partial charge >= 0.3 is 6.18 Å². The van der Waals surface area contributed by atoms with Gasteiger partial charge in [-0.1, -0.05) is 18.5 Å². The molecular formula is C18H17ClF3NO3. The van der Waals surface area contributed by atoms with Crippen molar-refractivity contribution in [2.24, 2.45) is 0 Å². The van der Waals surface area contributed by atoms with E-state index in [1.54, 1.807) is 24.3 Å². The highest BCUT2D eigenvalue weighted by Gasteiger charge is 2.33. The second-order valence-corrected chi connectivity index (χ2v) is 5.76. The van der Waals surface area contributed by atoms with E-state index in [4.69, 9.17) is 21.1 Å². The second kappa shape index (κ2) is 8.80. The monoisotopic (exact) mass is 387 g/mol. The molecule has 1 N–H and O–H groups in total. The Labute approximate surface area is 153 Å². The van der Waals surface area contributed by atoms with Gasteiger partial charge in [-0.25, -0.2) is 0 Å². The van der Waals surface area contributed by atoms with Crippen molar-refractivity contribution in [3.8, 4) is 11.5 Å². The molecule has 0 aliphatic rings. The lowest BCUT2D eigenvalue weighted by atomic mass is 10.2. The van der Waals surface area contributed by atoms with Gasteiger partial charge in [-0.05, 0) is 48.9 Å². The Hall–Kier alpha value is -2.41. The van der Waals surface area contributed by atoms with Crippen molar-refractivity contribution in [1.82, 2.24) is 0 Å². The molecule has 1 amide bonds. The van der Waals surface area contributed by atoms with E-state index in [0.29, 0.717) is 18.1 Å². The molecule has 4 nitrogen and oxygen atoms in total. The average molecular weight is 388 g/mol. The summed E-state index contributed by atoms with van der Waals surface area (Å²) < 4.78 is 49.2. The smallest absolute Gasteiger partial charge is 0.417 e. The highest BCUT2D eigenvalue weighted by molar-refractivity contribution is 6.31. The van der Waals surface area contributed by atoms with Crippen molar-refractivity contribution in [2.75, 3.05) is 18.5 Å². The fraction of sp³-hybridized carbons (Fsp3) is 0.278. The first-order chi connectivity index (χ1) is 12.3. The van der Waals surface area contributed by atoms with Crippen molar-refractivity contribution in [3.63, 3.8) is 0 Å². The number of ether oxygens (including phenoxy) is 2. The van der Waals surface area contributed by atoms with Gasteiger partial charge in [-0.3, -0.25) is 4.79 Å². The van der Waals surface area contributed by atoms with Gasteiger partial charge in [0.1, 0.15) is 11.5 Å². The third-order valence-corrected chi connectivity index (χ3v) is 3.55. The van der Waals surface area contributed by atoms with Crippen LogP contribution in [0.15, 0.2) is 42.5 Å². The van der Waals surface area contributed by atoms with Crippen LogP contribution in [0, 0.1) is 0 Å². The molecule has 26 heavy (non-hydrogen) atoms. The van der Waals surface area contributed by atoms with E-state index in [-0.39, 0.29) is 12.3 Å². The topological polar surface area (TPSA) is 47.6 Å². The first-order valence-electron chi connectivity index (χ1n) is 7.82. The predicted molar refractivity (Wildman–Crippen MR) is 92.8 cm³/mol. The third kappa shape index (κ3) is 5.84. The predicted octanol–water partition coefficient (Wildman–Crippen LogP) is 5.17. The maximum atomic E-state index is 12.8. The van der Waals surface area contributed by atoms with E-state index >= 15 is 0 Å². The number of hydrogen-bond donors (Lipinski definition) is 1. The highest BCUT2D eigenvalue weighted by Crippen LogP contribution is 2.36. The standard InChI is InChI=1S/C18H17ClF3NO3/c1-2-9-25-13-4-6-14(7-5-13)26-11-17(24)23-12-3-8-16(19)15(10-12)18(20,21)22/h3-8,10H,2,9,11H2,1H3,(H,23,24). The Kier molecular flexibility index (Phi) is 6.74. The molecule has 2 aromatic carbocycles. The number of carbonyl (C=O) groups excluding carboxylic acids is 1. The molecule has 0 unspecified atom stereocenters. The van der Waals surface area contributed by atoms with E-state index in [1.807, 2.05) is 6.92 Å². The van der Waals surface area contributed by atoms with Gasteiger partial charge < -0.3 is 14.8 Å². The molecule has 140 valence electrons. The summed E-state index contributed by atoms with van der Waals surface area (Å²) in [6, 6.07) is 9.84. The summed E-state index contributed by atoms with van der Waals surface area (Å²) in [5, 5.41) is 1.91. The van der Waals surface area contributed by atoms with Crippen LogP contribution in [0.5, 0.6) is 11.5 Å². The lowest BCUT2D eigenvalue weighted by molar-refractivity contribution is -0.137. The summed E-state index contributed by atoms with van der Waals surface area (Å²) >= 11 is 5.54. The van der Waals surface area contributed by atoms with Crippen molar-refractivity contribution in [1.29, 1.82) is 0 Å². The van der Waals surface area contributed by atoms with E-state index in [0.717, 1.165) is 18.6 Å². The quantitative estimate of drug-likeness (QED) is 0.713. The van der Waals surface area contributed by atoms with Crippen LogP contribution in [-0.4, -0.2) is 19.1 Å². The number of anilines is 1. The molecule has 0 radical (unpaired) electrons. The Balaban J connectivity index is 1.91. The van der Waals surface area contributed by atoms with Crippen molar-refractivity contribution in [3.05, 3.63) is 53.1 Å². The summed E-state index contributed by atoms with van der Waals surface area (Å²) in [5.41, 5.74) is -1.03. The molecular weight excluding hydrogens is 371 g/mol. The Bertz CT molecular complexity index is 748. The molecule has 0 aliphatic heterocycles. The number of halogens is 4. The summed E-state index contributed by atoms with van der Waals surface area (Å²) in [4.78, 5) is 11.9. The molecule has 0 bridgehead atoms. The maximum absolute atomic E-state index is 12.8. The van der Waals surface area contributed by atoms with E-state index in [9.17, 15) is 18.0 Å².